The van der Waals surface area contributed by atoms with E-state index in [0.717, 1.165) is 15.6 Å². The van der Waals surface area contributed by atoms with Crippen molar-refractivity contribution in [1.82, 2.24) is 0 Å². The maximum atomic E-state index is 13.3. The second kappa shape index (κ2) is 8.13. The van der Waals surface area contributed by atoms with Gasteiger partial charge in [0.05, 0.1) is 10.6 Å². The number of ether oxygens (including phenoxy) is 1. The number of anilines is 2. The van der Waals surface area contributed by atoms with E-state index in [4.69, 9.17) is 4.74 Å². The van der Waals surface area contributed by atoms with Gasteiger partial charge in [0.25, 0.3) is 11.8 Å². The monoisotopic (exact) mass is 442 g/mol. The van der Waals surface area contributed by atoms with Crippen molar-refractivity contribution in [2.24, 2.45) is 0 Å². The predicted octanol–water partition coefficient (Wildman–Crippen LogP) is 5.41. The van der Waals surface area contributed by atoms with Gasteiger partial charge < -0.3 is 15.0 Å². The first-order valence-electron chi connectivity index (χ1n) is 10.4. The molecule has 0 radical (unpaired) electrons. The highest BCUT2D eigenvalue weighted by molar-refractivity contribution is 7.21. The smallest absolute Gasteiger partial charge is 0.266 e. The van der Waals surface area contributed by atoms with Gasteiger partial charge in [-0.15, -0.1) is 11.3 Å². The van der Waals surface area contributed by atoms with E-state index in [9.17, 15) is 9.59 Å². The fraction of sp³-hybridized carbons (Fsp3) is 0.154. The first kappa shape index (κ1) is 20.3. The highest BCUT2D eigenvalue weighted by Gasteiger charge is 2.23. The number of likely N-dealkylation sites (N-methyl/N-ethyl adjacent to an activating group) is 1. The molecule has 4 aromatic rings. The van der Waals surface area contributed by atoms with Crippen molar-refractivity contribution < 1.29 is 14.3 Å². The molecule has 1 aromatic heterocycles. The number of aryl methyl sites for hydroxylation is 1. The van der Waals surface area contributed by atoms with Gasteiger partial charge in [-0.1, -0.05) is 48.0 Å². The van der Waals surface area contributed by atoms with Gasteiger partial charge in [0.1, 0.15) is 5.75 Å². The summed E-state index contributed by atoms with van der Waals surface area (Å²) in [4.78, 5) is 27.4. The Morgan fingerprint density at radius 3 is 2.69 bits per heavy atom. The SMILES string of the molecule is Cc1ccc(Cc2c(C(=O)Nc3ccc4c(c3)OCC(=O)N4C)sc3ccccc23)cc1. The summed E-state index contributed by atoms with van der Waals surface area (Å²) in [6.45, 7) is 2.07. The van der Waals surface area contributed by atoms with Crippen LogP contribution >= 0.6 is 11.3 Å². The van der Waals surface area contributed by atoms with Gasteiger partial charge in [0, 0.05) is 23.5 Å². The molecule has 1 N–H and O–H groups in total. The molecule has 3 aromatic carbocycles. The van der Waals surface area contributed by atoms with Crippen LogP contribution in [0.5, 0.6) is 5.75 Å². The summed E-state index contributed by atoms with van der Waals surface area (Å²) in [5, 5.41) is 4.13. The van der Waals surface area contributed by atoms with Crippen LogP contribution < -0.4 is 15.0 Å². The summed E-state index contributed by atoms with van der Waals surface area (Å²) in [6, 6.07) is 21.9. The number of rotatable bonds is 4. The minimum absolute atomic E-state index is 0.00207. The van der Waals surface area contributed by atoms with Gasteiger partial charge in [-0.05, 0) is 48.1 Å². The Kier molecular flexibility index (Phi) is 5.15. The first-order valence-corrected chi connectivity index (χ1v) is 11.2. The summed E-state index contributed by atoms with van der Waals surface area (Å²) < 4.78 is 6.65. The van der Waals surface area contributed by atoms with Crippen LogP contribution in [0.4, 0.5) is 11.4 Å². The number of hydrogen-bond donors (Lipinski definition) is 1. The maximum absolute atomic E-state index is 13.3. The number of carbonyl (C=O) groups is 2. The highest BCUT2D eigenvalue weighted by atomic mass is 32.1. The largest absolute Gasteiger partial charge is 0.481 e. The second-order valence-corrected chi connectivity index (χ2v) is 9.00. The van der Waals surface area contributed by atoms with Crippen molar-refractivity contribution in [3.63, 3.8) is 0 Å². The molecule has 1 aliphatic rings. The topological polar surface area (TPSA) is 58.6 Å². The van der Waals surface area contributed by atoms with Crippen molar-refractivity contribution in [2.45, 2.75) is 13.3 Å². The Morgan fingerprint density at radius 2 is 1.88 bits per heavy atom. The molecule has 0 saturated carbocycles. The molecule has 0 unspecified atom stereocenters. The van der Waals surface area contributed by atoms with E-state index >= 15 is 0 Å². The first-order chi connectivity index (χ1) is 15.5. The van der Waals surface area contributed by atoms with Crippen LogP contribution in [0, 0.1) is 6.92 Å². The molecule has 0 spiro atoms. The van der Waals surface area contributed by atoms with Crippen molar-refractivity contribution >= 4 is 44.6 Å². The van der Waals surface area contributed by atoms with Crippen molar-refractivity contribution in [3.05, 3.63) is 88.3 Å². The molecule has 2 amide bonds. The molecule has 2 heterocycles. The van der Waals surface area contributed by atoms with Gasteiger partial charge in [0.2, 0.25) is 0 Å². The van der Waals surface area contributed by atoms with E-state index in [1.54, 1.807) is 30.1 Å². The van der Waals surface area contributed by atoms with Gasteiger partial charge in [-0.25, -0.2) is 0 Å². The summed E-state index contributed by atoms with van der Waals surface area (Å²) in [6.07, 6.45) is 0.688. The third-order valence-corrected chi connectivity index (χ3v) is 6.92. The third kappa shape index (κ3) is 3.74. The number of fused-ring (bicyclic) bond motifs is 2. The zero-order chi connectivity index (χ0) is 22.2. The lowest BCUT2D eigenvalue weighted by Gasteiger charge is -2.26. The molecule has 0 fully saturated rings. The van der Waals surface area contributed by atoms with Crippen LogP contribution in [0.1, 0.15) is 26.4 Å². The number of nitrogens with zero attached hydrogens (tertiary/aromatic N) is 1. The molecule has 1 aliphatic heterocycles. The summed E-state index contributed by atoms with van der Waals surface area (Å²) in [5.74, 6) is 0.343. The van der Waals surface area contributed by atoms with Crippen LogP contribution in [0.2, 0.25) is 0 Å². The van der Waals surface area contributed by atoms with Crippen LogP contribution in [0.15, 0.2) is 66.7 Å². The number of nitrogens with one attached hydrogen (secondary N) is 1. The molecule has 5 rings (SSSR count). The lowest BCUT2D eigenvalue weighted by Crippen LogP contribution is -2.35. The minimum Gasteiger partial charge on any atom is -0.481 e. The van der Waals surface area contributed by atoms with Gasteiger partial charge in [-0.2, -0.15) is 0 Å². The third-order valence-electron chi connectivity index (χ3n) is 5.71. The Balaban J connectivity index is 1.47. The van der Waals surface area contributed by atoms with Gasteiger partial charge in [0.15, 0.2) is 6.61 Å². The molecule has 0 atom stereocenters. The molecule has 5 nitrogen and oxygen atoms in total. The molecule has 0 aliphatic carbocycles. The molecule has 6 heteroatoms. The zero-order valence-electron chi connectivity index (χ0n) is 17.8. The molecule has 0 saturated heterocycles. The van der Waals surface area contributed by atoms with Crippen molar-refractivity contribution in [2.75, 3.05) is 23.9 Å². The lowest BCUT2D eigenvalue weighted by molar-refractivity contribution is -0.120. The Morgan fingerprint density at radius 1 is 1.09 bits per heavy atom. The molecule has 32 heavy (non-hydrogen) atoms. The molecular weight excluding hydrogens is 420 g/mol. The lowest BCUT2D eigenvalue weighted by atomic mass is 10.0. The second-order valence-electron chi connectivity index (χ2n) is 7.95. The van der Waals surface area contributed by atoms with Crippen LogP contribution in [-0.2, 0) is 11.2 Å². The van der Waals surface area contributed by atoms with E-state index in [2.05, 4.69) is 48.6 Å². The fourth-order valence-corrected chi connectivity index (χ4v) is 5.03. The van der Waals surface area contributed by atoms with E-state index in [-0.39, 0.29) is 18.4 Å². The zero-order valence-corrected chi connectivity index (χ0v) is 18.7. The number of carbonyl (C=O) groups excluding carboxylic acids is 2. The van der Waals surface area contributed by atoms with E-state index in [0.29, 0.717) is 28.4 Å². The molecule has 160 valence electrons. The number of hydrogen-bond acceptors (Lipinski definition) is 4. The number of amides is 2. The van der Waals surface area contributed by atoms with E-state index in [1.165, 1.54) is 22.5 Å². The van der Waals surface area contributed by atoms with Crippen molar-refractivity contribution in [3.8, 4) is 5.75 Å². The van der Waals surface area contributed by atoms with E-state index in [1.807, 2.05) is 12.1 Å². The quantitative estimate of drug-likeness (QED) is 0.460. The minimum atomic E-state index is -0.145. The average molecular weight is 443 g/mol. The Bertz CT molecular complexity index is 1340. The normalized spacial score (nSPS) is 13.1. The predicted molar refractivity (Wildman–Crippen MR) is 129 cm³/mol. The van der Waals surface area contributed by atoms with Gasteiger partial charge >= 0.3 is 0 Å². The van der Waals surface area contributed by atoms with Crippen LogP contribution in [-0.4, -0.2) is 25.5 Å². The maximum Gasteiger partial charge on any atom is 0.266 e. The summed E-state index contributed by atoms with van der Waals surface area (Å²) >= 11 is 1.51. The van der Waals surface area contributed by atoms with Crippen LogP contribution in [0.3, 0.4) is 0 Å². The Hall–Kier alpha value is -3.64. The Labute approximate surface area is 190 Å². The van der Waals surface area contributed by atoms with Crippen LogP contribution in [0.25, 0.3) is 10.1 Å². The number of benzene rings is 3. The summed E-state index contributed by atoms with van der Waals surface area (Å²) in [5.41, 5.74) is 4.75. The molecular formula is C26H22N2O3S. The van der Waals surface area contributed by atoms with E-state index < -0.39 is 0 Å². The number of thiophene rings is 1. The standard InChI is InChI=1S/C26H22N2O3S/c1-16-7-9-17(10-8-16)13-20-19-5-3-4-6-23(19)32-25(20)26(30)27-18-11-12-21-22(14-18)31-15-24(29)28(21)2/h3-12,14H,13,15H2,1-2H3,(H,27,30). The fourth-order valence-electron chi connectivity index (χ4n) is 3.91. The van der Waals surface area contributed by atoms with Crippen molar-refractivity contribution in [1.29, 1.82) is 0 Å². The average Bonchev–Trinajstić information content (AvgIpc) is 3.16. The molecule has 0 bridgehead atoms. The highest BCUT2D eigenvalue weighted by Crippen LogP contribution is 2.36. The van der Waals surface area contributed by atoms with Gasteiger partial charge in [-0.3, -0.25) is 9.59 Å². The summed E-state index contributed by atoms with van der Waals surface area (Å²) in [7, 11) is 1.72.